The lowest BCUT2D eigenvalue weighted by molar-refractivity contribution is -0.130. The third kappa shape index (κ3) is 4.41. The summed E-state index contributed by atoms with van der Waals surface area (Å²) in [5.41, 5.74) is 3.74. The second-order valence-corrected chi connectivity index (χ2v) is 8.07. The molecule has 30 heavy (non-hydrogen) atoms. The molecule has 3 aromatic rings. The molecule has 1 fully saturated rings. The molecule has 5 heteroatoms. The fraction of sp³-hybridized carbons (Fsp3) is 0.280. The van der Waals surface area contributed by atoms with Gasteiger partial charge in [0.05, 0.1) is 5.41 Å². The number of halogens is 1. The van der Waals surface area contributed by atoms with Gasteiger partial charge in [-0.3, -0.25) is 14.7 Å². The van der Waals surface area contributed by atoms with Crippen LogP contribution in [0.4, 0.5) is 4.39 Å². The van der Waals surface area contributed by atoms with E-state index in [1.165, 1.54) is 6.07 Å². The normalized spacial score (nSPS) is 19.0. The molecule has 1 aliphatic heterocycles. The van der Waals surface area contributed by atoms with Crippen molar-refractivity contribution in [3.05, 3.63) is 90.0 Å². The first-order chi connectivity index (χ1) is 14.6. The first-order valence-electron chi connectivity index (χ1n) is 10.3. The van der Waals surface area contributed by atoms with Crippen LogP contribution in [0, 0.1) is 11.2 Å². The van der Waals surface area contributed by atoms with E-state index in [0.29, 0.717) is 19.5 Å². The van der Waals surface area contributed by atoms with Gasteiger partial charge in [0.1, 0.15) is 5.82 Å². The molecule has 0 radical (unpaired) electrons. The maximum absolute atomic E-state index is 13.6. The summed E-state index contributed by atoms with van der Waals surface area (Å²) in [6.45, 7) is 2.11. The molecule has 1 amide bonds. The van der Waals surface area contributed by atoms with E-state index in [0.717, 1.165) is 35.2 Å². The summed E-state index contributed by atoms with van der Waals surface area (Å²) in [7, 11) is 1.70. The first-order valence-corrected chi connectivity index (χ1v) is 10.3. The number of amides is 1. The highest BCUT2D eigenvalue weighted by Crippen LogP contribution is 2.36. The zero-order valence-electron chi connectivity index (χ0n) is 17.1. The zero-order valence-corrected chi connectivity index (χ0v) is 17.1. The summed E-state index contributed by atoms with van der Waals surface area (Å²) >= 11 is 0. The van der Waals surface area contributed by atoms with Gasteiger partial charge in [-0.05, 0) is 59.8 Å². The van der Waals surface area contributed by atoms with Gasteiger partial charge < -0.3 is 5.32 Å². The quantitative estimate of drug-likeness (QED) is 0.675. The number of rotatable bonds is 6. The number of hydrogen-bond acceptors (Lipinski definition) is 3. The number of aromatic nitrogens is 1. The summed E-state index contributed by atoms with van der Waals surface area (Å²) in [6.07, 6.45) is 5.06. The lowest BCUT2D eigenvalue weighted by Gasteiger charge is -2.28. The Morgan fingerprint density at radius 2 is 1.90 bits per heavy atom. The molecule has 0 spiro atoms. The average molecular weight is 404 g/mol. The van der Waals surface area contributed by atoms with Crippen molar-refractivity contribution in [1.82, 2.24) is 15.2 Å². The molecule has 1 saturated heterocycles. The predicted molar refractivity (Wildman–Crippen MR) is 116 cm³/mol. The Balaban J connectivity index is 1.54. The Morgan fingerprint density at radius 3 is 2.67 bits per heavy atom. The van der Waals surface area contributed by atoms with Crippen molar-refractivity contribution in [3.8, 4) is 11.1 Å². The fourth-order valence-corrected chi connectivity index (χ4v) is 4.45. The smallest absolute Gasteiger partial charge is 0.227 e. The van der Waals surface area contributed by atoms with Gasteiger partial charge in [0.2, 0.25) is 5.91 Å². The van der Waals surface area contributed by atoms with Crippen LogP contribution in [0.2, 0.25) is 0 Å². The number of hydrogen-bond donors (Lipinski definition) is 1. The molecule has 1 unspecified atom stereocenters. The lowest BCUT2D eigenvalue weighted by atomic mass is 9.79. The van der Waals surface area contributed by atoms with Gasteiger partial charge in [-0.2, -0.15) is 0 Å². The number of likely N-dealkylation sites (tertiary alicyclic amines) is 1. The second-order valence-electron chi connectivity index (χ2n) is 8.07. The van der Waals surface area contributed by atoms with Crippen LogP contribution in [-0.2, 0) is 17.8 Å². The Kier molecular flexibility index (Phi) is 5.91. The van der Waals surface area contributed by atoms with Gasteiger partial charge in [-0.1, -0.05) is 42.5 Å². The van der Waals surface area contributed by atoms with Crippen LogP contribution in [0.5, 0.6) is 0 Å². The Labute approximate surface area is 176 Å². The van der Waals surface area contributed by atoms with Crippen LogP contribution in [0.3, 0.4) is 0 Å². The van der Waals surface area contributed by atoms with Crippen molar-refractivity contribution in [3.63, 3.8) is 0 Å². The third-order valence-corrected chi connectivity index (χ3v) is 5.90. The number of nitrogens with zero attached hydrogens (tertiary/aromatic N) is 2. The molecule has 1 N–H and O–H groups in total. The van der Waals surface area contributed by atoms with Gasteiger partial charge in [-0.15, -0.1) is 0 Å². The maximum Gasteiger partial charge on any atom is 0.227 e. The summed E-state index contributed by atoms with van der Waals surface area (Å²) in [5.74, 6) is -0.160. The standard InChI is InChI=1S/C25H26FN3O/c1-27-24(30)25(10-12-29(18-25)17-20-6-3-9-23(26)14-20)15-19-5-2-7-21(13-19)22-8-4-11-28-16-22/h2-9,11,13-14,16H,10,12,15,17-18H2,1H3,(H,27,30). The molecule has 0 bridgehead atoms. The van der Waals surface area contributed by atoms with Gasteiger partial charge >= 0.3 is 0 Å². The molecule has 1 aliphatic rings. The van der Waals surface area contributed by atoms with Gasteiger partial charge in [0, 0.05) is 32.5 Å². The van der Waals surface area contributed by atoms with Crippen LogP contribution < -0.4 is 5.32 Å². The number of pyridine rings is 1. The average Bonchev–Trinajstić information content (AvgIpc) is 3.17. The lowest BCUT2D eigenvalue weighted by Crippen LogP contribution is -2.43. The van der Waals surface area contributed by atoms with Crippen LogP contribution >= 0.6 is 0 Å². The van der Waals surface area contributed by atoms with E-state index < -0.39 is 5.41 Å². The predicted octanol–water partition coefficient (Wildman–Crippen LogP) is 4.07. The van der Waals surface area contributed by atoms with E-state index in [1.807, 2.05) is 30.5 Å². The number of carbonyl (C=O) groups excluding carboxylic acids is 1. The van der Waals surface area contributed by atoms with Crippen molar-refractivity contribution in [2.24, 2.45) is 5.41 Å². The van der Waals surface area contributed by atoms with Crippen LogP contribution in [-0.4, -0.2) is 35.9 Å². The topological polar surface area (TPSA) is 45.2 Å². The van der Waals surface area contributed by atoms with Gasteiger partial charge in [-0.25, -0.2) is 4.39 Å². The highest BCUT2D eigenvalue weighted by Gasteiger charge is 2.44. The minimum absolute atomic E-state index is 0.0658. The van der Waals surface area contributed by atoms with Gasteiger partial charge in [0.25, 0.3) is 0 Å². The molecule has 1 atom stereocenters. The van der Waals surface area contributed by atoms with Crippen molar-refractivity contribution in [1.29, 1.82) is 0 Å². The second kappa shape index (κ2) is 8.76. The highest BCUT2D eigenvalue weighted by atomic mass is 19.1. The summed E-state index contributed by atoms with van der Waals surface area (Å²) in [4.78, 5) is 19.4. The molecule has 4 nitrogen and oxygen atoms in total. The van der Waals surface area contributed by atoms with Gasteiger partial charge in [0.15, 0.2) is 0 Å². The molecule has 0 aliphatic carbocycles. The summed E-state index contributed by atoms with van der Waals surface area (Å²) in [6, 6.07) is 19.0. The van der Waals surface area contributed by atoms with Crippen molar-refractivity contribution in [2.75, 3.05) is 20.1 Å². The first kappa shape index (κ1) is 20.2. The Hall–Kier alpha value is -3.05. The van der Waals surface area contributed by atoms with E-state index in [1.54, 1.807) is 25.4 Å². The molecular weight excluding hydrogens is 377 g/mol. The molecule has 154 valence electrons. The highest BCUT2D eigenvalue weighted by molar-refractivity contribution is 5.83. The fourth-order valence-electron chi connectivity index (χ4n) is 4.45. The monoisotopic (exact) mass is 403 g/mol. The van der Waals surface area contributed by atoms with Crippen LogP contribution in [0.1, 0.15) is 17.5 Å². The van der Waals surface area contributed by atoms with Crippen LogP contribution in [0.25, 0.3) is 11.1 Å². The minimum Gasteiger partial charge on any atom is -0.359 e. The number of benzene rings is 2. The van der Waals surface area contributed by atoms with E-state index in [9.17, 15) is 9.18 Å². The number of carbonyl (C=O) groups is 1. The maximum atomic E-state index is 13.6. The molecular formula is C25H26FN3O. The molecule has 2 heterocycles. The summed E-state index contributed by atoms with van der Waals surface area (Å²) in [5, 5.41) is 2.87. The number of nitrogens with one attached hydrogen (secondary N) is 1. The SMILES string of the molecule is CNC(=O)C1(Cc2cccc(-c3cccnc3)c2)CCN(Cc2cccc(F)c2)C1. The molecule has 0 saturated carbocycles. The third-order valence-electron chi connectivity index (χ3n) is 5.90. The summed E-state index contributed by atoms with van der Waals surface area (Å²) < 4.78 is 13.6. The van der Waals surface area contributed by atoms with Crippen LogP contribution in [0.15, 0.2) is 73.1 Å². The largest absolute Gasteiger partial charge is 0.359 e. The van der Waals surface area contributed by atoms with Crippen molar-refractivity contribution >= 4 is 5.91 Å². The van der Waals surface area contributed by atoms with E-state index in [-0.39, 0.29) is 11.7 Å². The van der Waals surface area contributed by atoms with Crippen molar-refractivity contribution < 1.29 is 9.18 Å². The van der Waals surface area contributed by atoms with Crippen molar-refractivity contribution in [2.45, 2.75) is 19.4 Å². The Morgan fingerprint density at radius 1 is 1.10 bits per heavy atom. The van der Waals surface area contributed by atoms with E-state index in [2.05, 4.69) is 33.4 Å². The van der Waals surface area contributed by atoms with E-state index in [4.69, 9.17) is 0 Å². The molecule has 2 aromatic carbocycles. The van der Waals surface area contributed by atoms with E-state index >= 15 is 0 Å². The molecule has 1 aromatic heterocycles. The minimum atomic E-state index is -0.490. The molecule has 4 rings (SSSR count). The zero-order chi connectivity index (χ0) is 21.0. The Bertz CT molecular complexity index is 1020.